The molecular formula is C25H37N7O6. The van der Waals surface area contributed by atoms with Crippen LogP contribution in [0.3, 0.4) is 0 Å². The van der Waals surface area contributed by atoms with Crippen molar-refractivity contribution >= 4 is 40.5 Å². The molecule has 1 aromatic carbocycles. The van der Waals surface area contributed by atoms with Gasteiger partial charge in [0.2, 0.25) is 23.6 Å². The minimum Gasteiger partial charge on any atom is -0.480 e. The van der Waals surface area contributed by atoms with Gasteiger partial charge in [-0.3, -0.25) is 19.2 Å². The Hall–Kier alpha value is -3.97. The third kappa shape index (κ3) is 9.16. The van der Waals surface area contributed by atoms with Crippen LogP contribution in [0.15, 0.2) is 30.5 Å². The van der Waals surface area contributed by atoms with Crippen molar-refractivity contribution in [2.75, 3.05) is 6.54 Å². The van der Waals surface area contributed by atoms with Gasteiger partial charge in [0.15, 0.2) is 0 Å². The van der Waals surface area contributed by atoms with E-state index >= 15 is 0 Å². The monoisotopic (exact) mass is 531 g/mol. The molecule has 0 spiro atoms. The largest absolute Gasteiger partial charge is 0.480 e. The number of aromatic nitrogens is 1. The molecule has 0 unspecified atom stereocenters. The molecule has 1 heterocycles. The molecule has 4 amide bonds. The number of benzene rings is 1. The van der Waals surface area contributed by atoms with Crippen molar-refractivity contribution in [3.05, 3.63) is 36.0 Å². The standard InChI is InChI=1S/C25H37N7O6/c1-14(27)22(34)30-18(8-4-5-11-26)23(35)32-20(12-15-13-29-17-7-3-2-6-16(15)17)24(36)31-19(25(37)38)9-10-21(28)33/h2-3,6-7,13-14,18-20,29H,4-5,8-12,26-27H2,1H3,(H2,28,33)(H,30,34)(H,31,36)(H,32,35)(H,37,38)/t14-,18-,19-,20-/m0/s1. The van der Waals surface area contributed by atoms with Crippen LogP contribution in [-0.4, -0.2) is 70.4 Å². The molecule has 38 heavy (non-hydrogen) atoms. The number of carbonyl (C=O) groups excluding carboxylic acids is 4. The number of fused-ring (bicyclic) bond motifs is 1. The van der Waals surface area contributed by atoms with E-state index in [4.69, 9.17) is 17.2 Å². The Morgan fingerprint density at radius 3 is 2.18 bits per heavy atom. The van der Waals surface area contributed by atoms with Crippen molar-refractivity contribution in [2.45, 2.75) is 69.6 Å². The summed E-state index contributed by atoms with van der Waals surface area (Å²) < 4.78 is 0. The lowest BCUT2D eigenvalue weighted by atomic mass is 10.0. The summed E-state index contributed by atoms with van der Waals surface area (Å²) >= 11 is 0. The quantitative estimate of drug-likeness (QED) is 0.125. The zero-order chi connectivity index (χ0) is 28.2. The second kappa shape index (κ2) is 14.7. The average molecular weight is 532 g/mol. The van der Waals surface area contributed by atoms with E-state index in [9.17, 15) is 29.1 Å². The van der Waals surface area contributed by atoms with Gasteiger partial charge in [0, 0.05) is 29.9 Å². The van der Waals surface area contributed by atoms with Crippen LogP contribution in [-0.2, 0) is 30.4 Å². The number of nitrogens with two attached hydrogens (primary N) is 3. The van der Waals surface area contributed by atoms with E-state index < -0.39 is 53.8 Å². The topological polar surface area (TPSA) is 236 Å². The van der Waals surface area contributed by atoms with Gasteiger partial charge in [-0.15, -0.1) is 0 Å². The summed E-state index contributed by atoms with van der Waals surface area (Å²) in [5.41, 5.74) is 17.9. The van der Waals surface area contributed by atoms with E-state index in [2.05, 4.69) is 20.9 Å². The predicted octanol–water partition coefficient (Wildman–Crippen LogP) is -1.01. The molecule has 4 atom stereocenters. The van der Waals surface area contributed by atoms with Gasteiger partial charge >= 0.3 is 5.97 Å². The minimum atomic E-state index is -1.39. The number of nitrogens with one attached hydrogen (secondary N) is 4. The molecule has 13 nitrogen and oxygen atoms in total. The number of carboxylic acid groups (broad SMARTS) is 1. The zero-order valence-electron chi connectivity index (χ0n) is 21.4. The van der Waals surface area contributed by atoms with Crippen molar-refractivity contribution in [3.63, 3.8) is 0 Å². The third-order valence-corrected chi connectivity index (χ3v) is 6.02. The van der Waals surface area contributed by atoms with E-state index in [1.165, 1.54) is 6.92 Å². The van der Waals surface area contributed by atoms with Crippen molar-refractivity contribution < 1.29 is 29.1 Å². The number of para-hydroxylation sites is 1. The van der Waals surface area contributed by atoms with Crippen LogP contribution in [0.25, 0.3) is 10.9 Å². The van der Waals surface area contributed by atoms with Crippen molar-refractivity contribution in [3.8, 4) is 0 Å². The number of hydrogen-bond acceptors (Lipinski definition) is 7. The molecule has 0 aliphatic heterocycles. The zero-order valence-corrected chi connectivity index (χ0v) is 21.4. The molecule has 0 saturated carbocycles. The molecule has 208 valence electrons. The predicted molar refractivity (Wildman–Crippen MR) is 140 cm³/mol. The fraction of sp³-hybridized carbons (Fsp3) is 0.480. The molecule has 1 aromatic heterocycles. The minimum absolute atomic E-state index is 0.0283. The fourth-order valence-corrected chi connectivity index (χ4v) is 3.88. The van der Waals surface area contributed by atoms with Crippen LogP contribution < -0.4 is 33.2 Å². The maximum Gasteiger partial charge on any atom is 0.326 e. The molecule has 13 heteroatoms. The number of amides is 4. The van der Waals surface area contributed by atoms with E-state index in [0.717, 1.165) is 10.9 Å². The number of hydrogen-bond donors (Lipinski definition) is 8. The number of rotatable bonds is 16. The molecule has 11 N–H and O–H groups in total. The Balaban J connectivity index is 2.30. The number of aromatic amines is 1. The maximum absolute atomic E-state index is 13.3. The first-order chi connectivity index (χ1) is 18.0. The van der Waals surface area contributed by atoms with Gasteiger partial charge in [-0.1, -0.05) is 18.2 Å². The summed E-state index contributed by atoms with van der Waals surface area (Å²) in [5.74, 6) is -3.98. The molecule has 0 bridgehead atoms. The highest BCUT2D eigenvalue weighted by atomic mass is 16.4. The highest BCUT2D eigenvalue weighted by molar-refractivity contribution is 5.95. The molecule has 0 fully saturated rings. The first-order valence-electron chi connectivity index (χ1n) is 12.5. The van der Waals surface area contributed by atoms with Crippen molar-refractivity contribution in [1.29, 1.82) is 0 Å². The highest BCUT2D eigenvalue weighted by Gasteiger charge is 2.30. The van der Waals surface area contributed by atoms with Gasteiger partial charge in [-0.25, -0.2) is 4.79 Å². The summed E-state index contributed by atoms with van der Waals surface area (Å²) in [6, 6.07) is 2.95. The van der Waals surface area contributed by atoms with Gasteiger partial charge in [0.1, 0.15) is 18.1 Å². The second-order valence-electron chi connectivity index (χ2n) is 9.16. The molecule has 2 rings (SSSR count). The van der Waals surface area contributed by atoms with Crippen LogP contribution in [0.2, 0.25) is 0 Å². The van der Waals surface area contributed by atoms with Crippen LogP contribution in [0.1, 0.15) is 44.6 Å². The molecule has 0 saturated heterocycles. The van der Waals surface area contributed by atoms with Crippen molar-refractivity contribution in [1.82, 2.24) is 20.9 Å². The lowest BCUT2D eigenvalue weighted by Crippen LogP contribution is -2.57. The Morgan fingerprint density at radius 2 is 1.55 bits per heavy atom. The molecule has 0 aliphatic carbocycles. The summed E-state index contributed by atoms with van der Waals surface area (Å²) in [7, 11) is 0. The van der Waals surface area contributed by atoms with Crippen LogP contribution in [0.4, 0.5) is 0 Å². The molecular weight excluding hydrogens is 494 g/mol. The second-order valence-corrected chi connectivity index (χ2v) is 9.16. The van der Waals surface area contributed by atoms with E-state index in [0.29, 0.717) is 24.9 Å². The summed E-state index contributed by atoms with van der Waals surface area (Å²) in [6.45, 7) is 1.89. The summed E-state index contributed by atoms with van der Waals surface area (Å²) in [4.78, 5) is 64.7. The first kappa shape index (κ1) is 30.3. The normalized spacial score (nSPS) is 14.2. The van der Waals surface area contributed by atoms with Crippen LogP contribution in [0.5, 0.6) is 0 Å². The van der Waals surface area contributed by atoms with Crippen molar-refractivity contribution in [2.24, 2.45) is 17.2 Å². The van der Waals surface area contributed by atoms with Gasteiger partial charge in [-0.05, 0) is 50.8 Å². The van der Waals surface area contributed by atoms with E-state index in [-0.39, 0.29) is 25.7 Å². The summed E-state index contributed by atoms with van der Waals surface area (Å²) in [6.07, 6.45) is 2.70. The number of H-pyrrole nitrogens is 1. The maximum atomic E-state index is 13.3. The van der Waals surface area contributed by atoms with E-state index in [1.807, 2.05) is 24.3 Å². The molecule has 0 radical (unpaired) electrons. The number of primary amides is 1. The summed E-state index contributed by atoms with van der Waals surface area (Å²) in [5, 5.41) is 18.0. The average Bonchev–Trinajstić information content (AvgIpc) is 3.27. The van der Waals surface area contributed by atoms with Crippen LogP contribution in [0, 0.1) is 0 Å². The SMILES string of the molecule is C[C@H](N)C(=O)N[C@@H](CCCCN)C(=O)N[C@@H](Cc1c[nH]c2ccccc12)C(=O)N[C@@H](CCC(N)=O)C(=O)O. The first-order valence-corrected chi connectivity index (χ1v) is 12.5. The van der Waals surface area contributed by atoms with Gasteiger partial charge in [0.25, 0.3) is 0 Å². The van der Waals surface area contributed by atoms with Gasteiger partial charge in [0.05, 0.1) is 6.04 Å². The number of aliphatic carboxylic acids is 1. The Bertz CT molecular complexity index is 1130. The molecule has 0 aliphatic rings. The lowest BCUT2D eigenvalue weighted by molar-refractivity contribution is -0.142. The Labute approximate surface area is 220 Å². The molecule has 2 aromatic rings. The third-order valence-electron chi connectivity index (χ3n) is 6.02. The van der Waals surface area contributed by atoms with Gasteiger partial charge in [-0.2, -0.15) is 0 Å². The number of carbonyl (C=O) groups is 5. The van der Waals surface area contributed by atoms with Gasteiger partial charge < -0.3 is 43.2 Å². The highest BCUT2D eigenvalue weighted by Crippen LogP contribution is 2.19. The smallest absolute Gasteiger partial charge is 0.326 e. The number of carboxylic acids is 1. The fourth-order valence-electron chi connectivity index (χ4n) is 3.88. The Morgan fingerprint density at radius 1 is 0.921 bits per heavy atom. The van der Waals surface area contributed by atoms with Crippen LogP contribution >= 0.6 is 0 Å². The lowest BCUT2D eigenvalue weighted by Gasteiger charge is -2.25. The number of unbranched alkanes of at least 4 members (excludes halogenated alkanes) is 1. The van der Waals surface area contributed by atoms with E-state index in [1.54, 1.807) is 6.20 Å². The Kier molecular flexibility index (Phi) is 11.7.